The molecule has 92 valence electrons. The van der Waals surface area contributed by atoms with Gasteiger partial charge in [0.05, 0.1) is 5.56 Å². The lowest BCUT2D eigenvalue weighted by Gasteiger charge is -2.00. The van der Waals surface area contributed by atoms with Gasteiger partial charge >= 0.3 is 0 Å². The number of aromatic nitrogens is 2. The molecule has 4 nitrogen and oxygen atoms in total. The van der Waals surface area contributed by atoms with E-state index in [1.165, 1.54) is 6.92 Å². The average molecular weight is 242 g/mol. The monoisotopic (exact) mass is 242 g/mol. The van der Waals surface area contributed by atoms with Gasteiger partial charge < -0.3 is 0 Å². The van der Waals surface area contributed by atoms with E-state index in [0.717, 1.165) is 5.56 Å². The van der Waals surface area contributed by atoms with Crippen LogP contribution in [0, 0.1) is 6.92 Å². The van der Waals surface area contributed by atoms with E-state index in [1.54, 1.807) is 6.92 Å². The van der Waals surface area contributed by atoms with Gasteiger partial charge in [0.25, 0.3) is 0 Å². The number of aryl methyl sites for hydroxylation is 1. The number of carbonyl (C=O) groups excluding carboxylic acids is 2. The SMILES string of the molecule is CC(=O)c1c(C(=O)Cc2ccccc2)n[nH]c1C. The van der Waals surface area contributed by atoms with Crippen molar-refractivity contribution in [1.82, 2.24) is 10.2 Å². The van der Waals surface area contributed by atoms with Crippen LogP contribution in [0.4, 0.5) is 0 Å². The smallest absolute Gasteiger partial charge is 0.188 e. The van der Waals surface area contributed by atoms with Crippen molar-refractivity contribution in [3.8, 4) is 0 Å². The molecule has 0 aliphatic heterocycles. The summed E-state index contributed by atoms with van der Waals surface area (Å²) in [5.41, 5.74) is 2.19. The van der Waals surface area contributed by atoms with E-state index in [1.807, 2.05) is 30.3 Å². The lowest BCUT2D eigenvalue weighted by Crippen LogP contribution is -2.09. The van der Waals surface area contributed by atoms with E-state index in [4.69, 9.17) is 0 Å². The van der Waals surface area contributed by atoms with Gasteiger partial charge in [-0.25, -0.2) is 0 Å². The number of H-pyrrole nitrogens is 1. The zero-order chi connectivity index (χ0) is 13.1. The van der Waals surface area contributed by atoms with Crippen LogP contribution in [0.5, 0.6) is 0 Å². The molecule has 2 aromatic rings. The molecular formula is C14H14N2O2. The first-order valence-electron chi connectivity index (χ1n) is 5.72. The summed E-state index contributed by atoms with van der Waals surface area (Å²) in [7, 11) is 0. The minimum Gasteiger partial charge on any atom is -0.294 e. The molecule has 1 aromatic heterocycles. The van der Waals surface area contributed by atoms with Crippen molar-refractivity contribution in [2.75, 3.05) is 0 Å². The molecule has 1 heterocycles. The maximum absolute atomic E-state index is 12.1. The average Bonchev–Trinajstić information content (AvgIpc) is 2.72. The van der Waals surface area contributed by atoms with Crippen molar-refractivity contribution in [3.05, 3.63) is 52.8 Å². The second kappa shape index (κ2) is 4.96. The van der Waals surface area contributed by atoms with E-state index < -0.39 is 0 Å². The van der Waals surface area contributed by atoms with Crippen molar-refractivity contribution in [3.63, 3.8) is 0 Å². The summed E-state index contributed by atoms with van der Waals surface area (Å²) < 4.78 is 0. The van der Waals surface area contributed by atoms with Crippen molar-refractivity contribution in [2.24, 2.45) is 0 Å². The normalized spacial score (nSPS) is 10.3. The molecule has 0 unspecified atom stereocenters. The van der Waals surface area contributed by atoms with Crippen LogP contribution in [-0.2, 0) is 6.42 Å². The molecule has 0 saturated carbocycles. The Morgan fingerprint density at radius 3 is 2.50 bits per heavy atom. The molecule has 0 aliphatic rings. The first-order chi connectivity index (χ1) is 8.59. The topological polar surface area (TPSA) is 62.8 Å². The summed E-state index contributed by atoms with van der Waals surface area (Å²) in [6, 6.07) is 9.41. The highest BCUT2D eigenvalue weighted by Gasteiger charge is 2.20. The number of rotatable bonds is 4. The lowest BCUT2D eigenvalue weighted by molar-refractivity contribution is 0.0965. The summed E-state index contributed by atoms with van der Waals surface area (Å²) in [6.07, 6.45) is 0.255. The Hall–Kier alpha value is -2.23. The van der Waals surface area contributed by atoms with Crippen LogP contribution >= 0.6 is 0 Å². The first-order valence-corrected chi connectivity index (χ1v) is 5.72. The number of ketones is 2. The summed E-state index contributed by atoms with van der Waals surface area (Å²) in [5.74, 6) is -0.284. The van der Waals surface area contributed by atoms with Gasteiger partial charge in [0.2, 0.25) is 0 Å². The second-order valence-corrected chi connectivity index (χ2v) is 4.21. The zero-order valence-corrected chi connectivity index (χ0v) is 10.4. The van der Waals surface area contributed by atoms with Crippen LogP contribution in [0.15, 0.2) is 30.3 Å². The number of hydrogen-bond donors (Lipinski definition) is 1. The van der Waals surface area contributed by atoms with E-state index in [-0.39, 0.29) is 23.7 Å². The number of nitrogens with zero attached hydrogens (tertiary/aromatic N) is 1. The van der Waals surface area contributed by atoms with Crippen LogP contribution in [0.25, 0.3) is 0 Å². The van der Waals surface area contributed by atoms with Crippen LogP contribution in [0.3, 0.4) is 0 Å². The maximum atomic E-state index is 12.1. The molecule has 2 rings (SSSR count). The van der Waals surface area contributed by atoms with E-state index in [9.17, 15) is 9.59 Å². The third-order valence-corrected chi connectivity index (χ3v) is 2.77. The van der Waals surface area contributed by atoms with E-state index in [2.05, 4.69) is 10.2 Å². The highest BCUT2D eigenvalue weighted by Crippen LogP contribution is 2.14. The second-order valence-electron chi connectivity index (χ2n) is 4.21. The maximum Gasteiger partial charge on any atom is 0.188 e. The molecule has 1 N–H and O–H groups in total. The minimum absolute atomic E-state index is 0.141. The number of hydrogen-bond acceptors (Lipinski definition) is 3. The molecule has 1 aromatic carbocycles. The highest BCUT2D eigenvalue weighted by molar-refractivity contribution is 6.08. The molecule has 4 heteroatoms. The fourth-order valence-corrected chi connectivity index (χ4v) is 1.93. The largest absolute Gasteiger partial charge is 0.294 e. The van der Waals surface area contributed by atoms with Crippen molar-refractivity contribution < 1.29 is 9.59 Å². The molecule has 0 saturated heterocycles. The van der Waals surface area contributed by atoms with Gasteiger partial charge in [0, 0.05) is 12.1 Å². The number of benzene rings is 1. The van der Waals surface area contributed by atoms with Gasteiger partial charge in [-0.1, -0.05) is 30.3 Å². The standard InChI is InChI=1S/C14H14N2O2/c1-9-13(10(2)17)14(16-15-9)12(18)8-11-6-4-3-5-7-11/h3-7H,8H2,1-2H3,(H,15,16). The first kappa shape index (κ1) is 12.2. The summed E-state index contributed by atoms with van der Waals surface area (Å²) in [4.78, 5) is 23.6. The third kappa shape index (κ3) is 2.37. The number of aromatic amines is 1. The Bertz CT molecular complexity index is 585. The molecule has 0 spiro atoms. The summed E-state index contributed by atoms with van der Waals surface area (Å²) >= 11 is 0. The predicted molar refractivity (Wildman–Crippen MR) is 67.8 cm³/mol. The Morgan fingerprint density at radius 2 is 1.89 bits per heavy atom. The zero-order valence-electron chi connectivity index (χ0n) is 10.4. The fraction of sp³-hybridized carbons (Fsp3) is 0.214. The van der Waals surface area contributed by atoms with Crippen molar-refractivity contribution in [1.29, 1.82) is 0 Å². The molecule has 0 radical (unpaired) electrons. The Balaban J connectivity index is 2.27. The fourth-order valence-electron chi connectivity index (χ4n) is 1.93. The van der Waals surface area contributed by atoms with Crippen LogP contribution in [0.2, 0.25) is 0 Å². The van der Waals surface area contributed by atoms with E-state index >= 15 is 0 Å². The molecule has 0 bridgehead atoms. The van der Waals surface area contributed by atoms with Crippen LogP contribution in [-0.4, -0.2) is 21.8 Å². The van der Waals surface area contributed by atoms with Crippen LogP contribution in [0.1, 0.15) is 39.0 Å². The third-order valence-electron chi connectivity index (χ3n) is 2.77. The minimum atomic E-state index is -0.143. The quantitative estimate of drug-likeness (QED) is 0.837. The van der Waals surface area contributed by atoms with Gasteiger partial charge in [-0.05, 0) is 19.4 Å². The molecule has 0 fully saturated rings. The lowest BCUT2D eigenvalue weighted by atomic mass is 10.0. The molecule has 0 amide bonds. The Kier molecular flexibility index (Phi) is 3.37. The van der Waals surface area contributed by atoms with Gasteiger partial charge in [-0.15, -0.1) is 0 Å². The molecule has 0 aliphatic carbocycles. The van der Waals surface area contributed by atoms with E-state index in [0.29, 0.717) is 11.3 Å². The van der Waals surface area contributed by atoms with Gasteiger partial charge in [-0.2, -0.15) is 5.10 Å². The number of Topliss-reactive ketones (excluding diaryl/α,β-unsaturated/α-hetero) is 2. The highest BCUT2D eigenvalue weighted by atomic mass is 16.1. The van der Waals surface area contributed by atoms with Gasteiger partial charge in [0.1, 0.15) is 5.69 Å². The Labute approximate surface area is 105 Å². The van der Waals surface area contributed by atoms with Crippen LogP contribution < -0.4 is 0 Å². The summed E-state index contributed by atoms with van der Waals surface area (Å²) in [6.45, 7) is 3.18. The Morgan fingerprint density at radius 1 is 1.22 bits per heavy atom. The summed E-state index contributed by atoms with van der Waals surface area (Å²) in [5, 5.41) is 6.63. The predicted octanol–water partition coefficient (Wildman–Crippen LogP) is 2.35. The number of nitrogens with one attached hydrogen (secondary N) is 1. The van der Waals surface area contributed by atoms with Crippen molar-refractivity contribution >= 4 is 11.6 Å². The molecular weight excluding hydrogens is 228 g/mol. The molecule has 0 atom stereocenters. The number of carbonyl (C=O) groups is 2. The molecule has 18 heavy (non-hydrogen) atoms. The van der Waals surface area contributed by atoms with Gasteiger partial charge in [0.15, 0.2) is 11.6 Å². The van der Waals surface area contributed by atoms with Gasteiger partial charge in [-0.3, -0.25) is 14.7 Å². The van der Waals surface area contributed by atoms with Crippen molar-refractivity contribution in [2.45, 2.75) is 20.3 Å².